The molecule has 1 saturated heterocycles. The van der Waals surface area contributed by atoms with E-state index < -0.39 is 10.0 Å². The summed E-state index contributed by atoms with van der Waals surface area (Å²) in [5.74, 6) is 2.13. The molecule has 1 aliphatic heterocycles. The van der Waals surface area contributed by atoms with Crippen molar-refractivity contribution in [2.45, 2.75) is 17.4 Å². The number of likely N-dealkylation sites (N-methyl/N-ethyl adjacent to an activating group) is 1. The van der Waals surface area contributed by atoms with Gasteiger partial charge in [-0.2, -0.15) is 4.98 Å². The lowest BCUT2D eigenvalue weighted by atomic mass is 10.2. The van der Waals surface area contributed by atoms with Gasteiger partial charge in [-0.1, -0.05) is 12.1 Å². The van der Waals surface area contributed by atoms with Crippen molar-refractivity contribution >= 4 is 55.8 Å². The van der Waals surface area contributed by atoms with Gasteiger partial charge >= 0.3 is 0 Å². The van der Waals surface area contributed by atoms with Gasteiger partial charge in [0.1, 0.15) is 28.3 Å². The lowest BCUT2D eigenvalue weighted by Gasteiger charge is -2.17. The average molecular weight is 625 g/mol. The number of halogens is 1. The van der Waals surface area contributed by atoms with Crippen molar-refractivity contribution in [1.29, 1.82) is 0 Å². The number of benzene rings is 2. The van der Waals surface area contributed by atoms with E-state index in [1.54, 1.807) is 37.6 Å². The zero-order valence-corrected chi connectivity index (χ0v) is 23.5. The van der Waals surface area contributed by atoms with Gasteiger partial charge in [0, 0.05) is 39.4 Å². The Labute approximate surface area is 225 Å². The number of nitrogens with zero attached hydrogens (tertiary/aromatic N) is 4. The quantitative estimate of drug-likeness (QED) is 0.343. The molecule has 2 aromatic carbocycles. The molecule has 4 rings (SSSR count). The zero-order chi connectivity index (χ0) is 25.9. The third kappa shape index (κ3) is 5.99. The minimum Gasteiger partial charge on any atom is -0.494 e. The Morgan fingerprint density at radius 3 is 2.61 bits per heavy atom. The second-order valence-corrected chi connectivity index (χ2v) is 11.9. The van der Waals surface area contributed by atoms with Crippen LogP contribution in [0.4, 0.5) is 23.1 Å². The molecule has 12 heteroatoms. The van der Waals surface area contributed by atoms with Gasteiger partial charge in [0.2, 0.25) is 16.0 Å². The van der Waals surface area contributed by atoms with Crippen LogP contribution in [0.3, 0.4) is 0 Å². The molecule has 0 aliphatic carbocycles. The van der Waals surface area contributed by atoms with Crippen molar-refractivity contribution in [3.8, 4) is 11.5 Å². The van der Waals surface area contributed by atoms with Crippen LogP contribution in [0.5, 0.6) is 11.5 Å². The maximum Gasteiger partial charge on any atom is 0.244 e. The largest absolute Gasteiger partial charge is 0.494 e. The minimum absolute atomic E-state index is 0.157. The molecule has 1 fully saturated rings. The molecule has 0 unspecified atom stereocenters. The summed E-state index contributed by atoms with van der Waals surface area (Å²) < 4.78 is 39.1. The van der Waals surface area contributed by atoms with Gasteiger partial charge < -0.3 is 25.0 Å². The van der Waals surface area contributed by atoms with Crippen LogP contribution in [0.2, 0.25) is 0 Å². The minimum atomic E-state index is -3.65. The molecule has 36 heavy (non-hydrogen) atoms. The fourth-order valence-corrected chi connectivity index (χ4v) is 5.22. The number of likely N-dealkylation sites (tertiary alicyclic amines) is 1. The smallest absolute Gasteiger partial charge is 0.244 e. The predicted molar refractivity (Wildman–Crippen MR) is 148 cm³/mol. The first-order chi connectivity index (χ1) is 17.2. The Bertz CT molecular complexity index is 1340. The van der Waals surface area contributed by atoms with Crippen LogP contribution in [0.15, 0.2) is 53.6 Å². The molecule has 0 amide bonds. The first-order valence-electron chi connectivity index (χ1n) is 11.3. The molecule has 192 valence electrons. The summed E-state index contributed by atoms with van der Waals surface area (Å²) >= 11 is 2.10. The van der Waals surface area contributed by atoms with E-state index in [1.165, 1.54) is 18.4 Å². The van der Waals surface area contributed by atoms with Crippen molar-refractivity contribution in [3.05, 3.63) is 52.2 Å². The molecule has 3 aromatic rings. The average Bonchev–Trinajstić information content (AvgIpc) is 3.26. The molecule has 1 atom stereocenters. The Kier molecular flexibility index (Phi) is 8.17. The van der Waals surface area contributed by atoms with Crippen molar-refractivity contribution in [3.63, 3.8) is 0 Å². The second kappa shape index (κ2) is 11.2. The van der Waals surface area contributed by atoms with Gasteiger partial charge in [0.25, 0.3) is 0 Å². The van der Waals surface area contributed by atoms with E-state index in [9.17, 15) is 8.42 Å². The number of ether oxygens (including phenoxy) is 2. The number of methoxy groups -OCH3 is 1. The molecular weight excluding hydrogens is 595 g/mol. The highest BCUT2D eigenvalue weighted by molar-refractivity contribution is 14.1. The van der Waals surface area contributed by atoms with Crippen molar-refractivity contribution in [2.75, 3.05) is 52.0 Å². The predicted octanol–water partition coefficient (Wildman–Crippen LogP) is 3.91. The molecule has 0 radical (unpaired) electrons. The lowest BCUT2D eigenvalue weighted by molar-refractivity contribution is 0.207. The highest BCUT2D eigenvalue weighted by Gasteiger charge is 2.23. The molecule has 1 aliphatic rings. The summed E-state index contributed by atoms with van der Waals surface area (Å²) in [6.07, 6.45) is 2.80. The zero-order valence-electron chi connectivity index (χ0n) is 20.5. The van der Waals surface area contributed by atoms with E-state index in [1.807, 2.05) is 18.2 Å². The molecule has 0 saturated carbocycles. The number of para-hydroxylation sites is 1. The van der Waals surface area contributed by atoms with Gasteiger partial charge in [-0.15, -0.1) is 0 Å². The second-order valence-electron chi connectivity index (χ2n) is 8.58. The summed E-state index contributed by atoms with van der Waals surface area (Å²) in [7, 11) is 3.03. The molecule has 0 bridgehead atoms. The maximum atomic E-state index is 12.8. The van der Waals surface area contributed by atoms with Crippen LogP contribution in [-0.4, -0.2) is 75.0 Å². The molecule has 2 N–H and O–H groups in total. The van der Waals surface area contributed by atoms with Crippen LogP contribution in [0.1, 0.15) is 6.42 Å². The van der Waals surface area contributed by atoms with E-state index in [4.69, 9.17) is 9.47 Å². The first-order valence-corrected chi connectivity index (χ1v) is 13.8. The third-order valence-corrected chi connectivity index (χ3v) is 8.38. The maximum absolute atomic E-state index is 12.8. The van der Waals surface area contributed by atoms with Gasteiger partial charge in [-0.3, -0.25) is 0 Å². The van der Waals surface area contributed by atoms with E-state index in [0.717, 1.165) is 28.8 Å². The summed E-state index contributed by atoms with van der Waals surface area (Å²) in [4.78, 5) is 11.4. The fraction of sp³-hybridized carbons (Fsp3) is 0.333. The Morgan fingerprint density at radius 1 is 1.14 bits per heavy atom. The highest BCUT2D eigenvalue weighted by Crippen LogP contribution is 2.33. The van der Waals surface area contributed by atoms with Crippen LogP contribution in [0, 0.1) is 3.57 Å². The van der Waals surface area contributed by atoms with Gasteiger partial charge in [0.15, 0.2) is 0 Å². The summed E-state index contributed by atoms with van der Waals surface area (Å²) in [6.45, 7) is 1.92. The van der Waals surface area contributed by atoms with Crippen LogP contribution in [0.25, 0.3) is 0 Å². The molecular formula is C24H29IN6O4S. The Hall–Kier alpha value is -2.68. The summed E-state index contributed by atoms with van der Waals surface area (Å²) in [5.41, 5.74) is 1.10. The molecule has 0 spiro atoms. The molecule has 2 heterocycles. The van der Waals surface area contributed by atoms with Crippen LogP contribution < -0.4 is 20.1 Å². The summed E-state index contributed by atoms with van der Waals surface area (Å²) in [5, 5.41) is 6.34. The number of anilines is 4. The van der Waals surface area contributed by atoms with Crippen LogP contribution >= 0.6 is 22.6 Å². The number of nitrogens with one attached hydrogen (secondary N) is 2. The fourth-order valence-electron chi connectivity index (χ4n) is 3.79. The number of hydrogen-bond donors (Lipinski definition) is 2. The van der Waals surface area contributed by atoms with E-state index in [0.29, 0.717) is 28.9 Å². The topological polar surface area (TPSA) is 109 Å². The molecule has 10 nitrogen and oxygen atoms in total. The number of sulfonamides is 1. The lowest BCUT2D eigenvalue weighted by Crippen LogP contribution is -2.23. The first kappa shape index (κ1) is 26.4. The van der Waals surface area contributed by atoms with Crippen molar-refractivity contribution in [2.24, 2.45) is 0 Å². The van der Waals surface area contributed by atoms with E-state index >= 15 is 0 Å². The number of aromatic nitrogens is 2. The Morgan fingerprint density at radius 2 is 1.92 bits per heavy atom. The van der Waals surface area contributed by atoms with Crippen molar-refractivity contribution < 1.29 is 17.9 Å². The van der Waals surface area contributed by atoms with Gasteiger partial charge in [0.05, 0.1) is 22.1 Å². The number of rotatable bonds is 9. The van der Waals surface area contributed by atoms with E-state index in [-0.39, 0.29) is 11.0 Å². The van der Waals surface area contributed by atoms with Gasteiger partial charge in [-0.05, 0) is 60.3 Å². The number of hydrogen-bond acceptors (Lipinski definition) is 9. The summed E-state index contributed by atoms with van der Waals surface area (Å²) in [6, 6.07) is 12.3. The van der Waals surface area contributed by atoms with Gasteiger partial charge in [-0.25, -0.2) is 17.7 Å². The normalized spacial score (nSPS) is 16.2. The SMILES string of the molecule is COc1cc(O[C@H]2CCN(C)C2)ccc1Nc1ncc(I)c(Nc2ccccc2S(=O)(=O)N(C)C)n1. The standard InChI is InChI=1S/C24H29IN6O4S/c1-30(2)36(32,33)22-8-6-5-7-20(22)27-23-18(25)14-26-24(29-23)28-19-10-9-16(13-21(19)34-4)35-17-11-12-31(3)15-17/h5-10,13-14,17H,11-12,15H2,1-4H3,(H2,26,27,28,29)/t17-/m0/s1. The Balaban J connectivity index is 1.56. The third-order valence-electron chi connectivity index (χ3n) is 5.71. The van der Waals surface area contributed by atoms with Crippen molar-refractivity contribution in [1.82, 2.24) is 19.2 Å². The van der Waals surface area contributed by atoms with E-state index in [2.05, 4.69) is 55.1 Å². The monoisotopic (exact) mass is 624 g/mol. The molecule has 1 aromatic heterocycles. The highest BCUT2D eigenvalue weighted by atomic mass is 127. The van der Waals surface area contributed by atoms with Crippen LogP contribution in [-0.2, 0) is 10.0 Å².